The third-order valence-electron chi connectivity index (χ3n) is 5.63. The molecule has 0 atom stereocenters. The van der Waals surface area contributed by atoms with Crippen molar-refractivity contribution >= 4 is 28.5 Å². The first-order valence-corrected chi connectivity index (χ1v) is 10.8. The molecule has 0 saturated carbocycles. The number of hydrogen-bond donors (Lipinski definition) is 0. The molecule has 0 spiro atoms. The van der Waals surface area contributed by atoms with E-state index in [1.807, 2.05) is 59.5 Å². The number of carbonyl (C=O) groups is 1. The van der Waals surface area contributed by atoms with Crippen LogP contribution in [-0.4, -0.2) is 38.8 Å². The van der Waals surface area contributed by atoms with Gasteiger partial charge in [0.2, 0.25) is 0 Å². The highest BCUT2D eigenvalue weighted by Crippen LogP contribution is 2.34. The highest BCUT2D eigenvalue weighted by atomic mass is 35.5. The highest BCUT2D eigenvalue weighted by Gasteiger charge is 2.20. The summed E-state index contributed by atoms with van der Waals surface area (Å²) < 4.78 is 0. The van der Waals surface area contributed by atoms with Crippen LogP contribution in [-0.2, 0) is 0 Å². The second-order valence-corrected chi connectivity index (χ2v) is 8.11. The van der Waals surface area contributed by atoms with Crippen molar-refractivity contribution in [2.45, 2.75) is 19.3 Å². The van der Waals surface area contributed by atoms with Crippen LogP contribution < -0.4 is 0 Å². The summed E-state index contributed by atoms with van der Waals surface area (Å²) >= 11 is 6.46. The van der Waals surface area contributed by atoms with Crippen LogP contribution in [0.5, 0.6) is 0 Å². The Kier molecular flexibility index (Phi) is 5.35. The van der Waals surface area contributed by atoms with Crippen LogP contribution in [0, 0.1) is 0 Å². The van der Waals surface area contributed by atoms with Gasteiger partial charge in [-0.1, -0.05) is 41.9 Å². The van der Waals surface area contributed by atoms with Crippen LogP contribution in [0.3, 0.4) is 0 Å². The third-order valence-corrected chi connectivity index (χ3v) is 5.93. The third kappa shape index (κ3) is 3.89. The standard InChI is InChI=1S/C25H21ClN4O/c26-20-16-27-12-11-19(20)24-23(17-7-3-1-4-8-17)28-21-10-9-18(15-22(21)29-24)25(31)30-13-5-2-6-14-30/h1,3-4,7-12,15-16H,2,5-6,13-14H2. The van der Waals surface area contributed by atoms with Gasteiger partial charge in [0.25, 0.3) is 5.91 Å². The van der Waals surface area contributed by atoms with Crippen molar-refractivity contribution in [3.63, 3.8) is 0 Å². The van der Waals surface area contributed by atoms with E-state index >= 15 is 0 Å². The lowest BCUT2D eigenvalue weighted by Crippen LogP contribution is -2.35. The summed E-state index contributed by atoms with van der Waals surface area (Å²) in [4.78, 5) is 28.8. The van der Waals surface area contributed by atoms with Crippen LogP contribution in [0.4, 0.5) is 0 Å². The van der Waals surface area contributed by atoms with E-state index in [0.29, 0.717) is 21.8 Å². The fourth-order valence-electron chi connectivity index (χ4n) is 4.02. The molecule has 31 heavy (non-hydrogen) atoms. The van der Waals surface area contributed by atoms with E-state index in [-0.39, 0.29) is 5.91 Å². The Labute approximate surface area is 185 Å². The minimum atomic E-state index is 0.0547. The van der Waals surface area contributed by atoms with Crippen molar-refractivity contribution in [2.24, 2.45) is 0 Å². The molecule has 1 saturated heterocycles. The van der Waals surface area contributed by atoms with Crippen molar-refractivity contribution < 1.29 is 4.79 Å². The molecule has 0 unspecified atom stereocenters. The first-order chi connectivity index (χ1) is 15.2. The molecule has 1 aliphatic heterocycles. The summed E-state index contributed by atoms with van der Waals surface area (Å²) in [6, 6.07) is 17.3. The normalized spacial score (nSPS) is 14.0. The minimum absolute atomic E-state index is 0.0547. The predicted octanol–water partition coefficient (Wildman–Crippen LogP) is 5.64. The molecule has 1 aliphatic rings. The predicted molar refractivity (Wildman–Crippen MR) is 123 cm³/mol. The number of amides is 1. The molecular formula is C25H21ClN4O. The number of nitrogens with zero attached hydrogens (tertiary/aromatic N) is 4. The zero-order valence-electron chi connectivity index (χ0n) is 17.0. The average molecular weight is 429 g/mol. The zero-order valence-corrected chi connectivity index (χ0v) is 17.7. The van der Waals surface area contributed by atoms with Crippen molar-refractivity contribution in [3.8, 4) is 22.5 Å². The molecule has 0 aliphatic carbocycles. The Bertz CT molecular complexity index is 1250. The fourth-order valence-corrected chi connectivity index (χ4v) is 4.23. The lowest BCUT2D eigenvalue weighted by molar-refractivity contribution is 0.0724. The molecule has 154 valence electrons. The first kappa shape index (κ1) is 19.6. The average Bonchev–Trinajstić information content (AvgIpc) is 2.84. The van der Waals surface area contributed by atoms with Gasteiger partial charge < -0.3 is 4.90 Å². The highest BCUT2D eigenvalue weighted by molar-refractivity contribution is 6.33. The Balaban J connectivity index is 1.66. The number of aromatic nitrogens is 3. The quantitative estimate of drug-likeness (QED) is 0.423. The molecule has 2 aromatic heterocycles. The summed E-state index contributed by atoms with van der Waals surface area (Å²) in [5.41, 5.74) is 5.19. The van der Waals surface area contributed by atoms with E-state index in [1.54, 1.807) is 12.4 Å². The fraction of sp³-hybridized carbons (Fsp3) is 0.200. The molecule has 1 amide bonds. The maximum absolute atomic E-state index is 13.0. The lowest BCUT2D eigenvalue weighted by atomic mass is 10.0. The van der Waals surface area contributed by atoms with Crippen molar-refractivity contribution in [3.05, 3.63) is 77.6 Å². The topological polar surface area (TPSA) is 59.0 Å². The van der Waals surface area contributed by atoms with Gasteiger partial charge >= 0.3 is 0 Å². The van der Waals surface area contributed by atoms with Gasteiger partial charge in [-0.15, -0.1) is 0 Å². The van der Waals surface area contributed by atoms with Crippen molar-refractivity contribution in [2.75, 3.05) is 13.1 Å². The summed E-state index contributed by atoms with van der Waals surface area (Å²) in [5, 5.41) is 0.508. The molecule has 4 aromatic rings. The number of carbonyl (C=O) groups excluding carboxylic acids is 1. The molecule has 5 nitrogen and oxygen atoms in total. The van der Waals surface area contributed by atoms with E-state index in [0.717, 1.165) is 48.3 Å². The number of rotatable bonds is 3. The molecule has 1 fully saturated rings. The summed E-state index contributed by atoms with van der Waals surface area (Å²) in [5.74, 6) is 0.0547. The van der Waals surface area contributed by atoms with Crippen LogP contribution >= 0.6 is 11.6 Å². The minimum Gasteiger partial charge on any atom is -0.339 e. The molecule has 0 radical (unpaired) electrons. The van der Waals surface area contributed by atoms with Gasteiger partial charge in [0.15, 0.2) is 0 Å². The summed E-state index contributed by atoms with van der Waals surface area (Å²) in [6.45, 7) is 1.63. The van der Waals surface area contributed by atoms with Gasteiger partial charge in [-0.25, -0.2) is 9.97 Å². The Hall–Kier alpha value is -3.31. The Morgan fingerprint density at radius 3 is 2.42 bits per heavy atom. The lowest BCUT2D eigenvalue weighted by Gasteiger charge is -2.26. The maximum Gasteiger partial charge on any atom is 0.253 e. The Morgan fingerprint density at radius 1 is 0.871 bits per heavy atom. The smallest absolute Gasteiger partial charge is 0.253 e. The summed E-state index contributed by atoms with van der Waals surface area (Å²) in [7, 11) is 0. The summed E-state index contributed by atoms with van der Waals surface area (Å²) in [6.07, 6.45) is 6.60. The second kappa shape index (κ2) is 8.44. The van der Waals surface area contributed by atoms with Gasteiger partial charge in [-0.2, -0.15) is 0 Å². The number of hydrogen-bond acceptors (Lipinski definition) is 4. The van der Waals surface area contributed by atoms with E-state index in [1.165, 1.54) is 6.42 Å². The number of benzene rings is 2. The number of halogens is 1. The van der Waals surface area contributed by atoms with Gasteiger partial charge in [0, 0.05) is 42.2 Å². The van der Waals surface area contributed by atoms with E-state index in [9.17, 15) is 4.79 Å². The van der Waals surface area contributed by atoms with E-state index < -0.39 is 0 Å². The van der Waals surface area contributed by atoms with Crippen molar-refractivity contribution in [1.29, 1.82) is 0 Å². The van der Waals surface area contributed by atoms with Crippen LogP contribution in [0.1, 0.15) is 29.6 Å². The molecule has 6 heteroatoms. The van der Waals surface area contributed by atoms with Gasteiger partial charge in [-0.05, 0) is 43.5 Å². The number of likely N-dealkylation sites (tertiary alicyclic amines) is 1. The molecular weight excluding hydrogens is 408 g/mol. The molecule has 3 heterocycles. The SMILES string of the molecule is O=C(c1ccc2nc(-c3ccccc3)c(-c3ccncc3Cl)nc2c1)N1CCCCC1. The molecule has 5 rings (SSSR count). The number of piperidine rings is 1. The molecule has 0 bridgehead atoms. The number of pyridine rings is 1. The zero-order chi connectivity index (χ0) is 21.2. The van der Waals surface area contributed by atoms with Crippen LogP contribution in [0.2, 0.25) is 5.02 Å². The van der Waals surface area contributed by atoms with Crippen LogP contribution in [0.25, 0.3) is 33.5 Å². The van der Waals surface area contributed by atoms with Crippen LogP contribution in [0.15, 0.2) is 67.0 Å². The van der Waals surface area contributed by atoms with Gasteiger partial charge in [-0.3, -0.25) is 9.78 Å². The largest absolute Gasteiger partial charge is 0.339 e. The maximum atomic E-state index is 13.0. The Morgan fingerprint density at radius 2 is 1.65 bits per heavy atom. The first-order valence-electron chi connectivity index (χ1n) is 10.5. The monoisotopic (exact) mass is 428 g/mol. The van der Waals surface area contributed by atoms with E-state index in [4.69, 9.17) is 21.6 Å². The number of fused-ring (bicyclic) bond motifs is 1. The molecule has 2 aromatic carbocycles. The van der Waals surface area contributed by atoms with Crippen molar-refractivity contribution in [1.82, 2.24) is 19.9 Å². The van der Waals surface area contributed by atoms with E-state index in [2.05, 4.69) is 4.98 Å². The molecule has 0 N–H and O–H groups in total. The second-order valence-electron chi connectivity index (χ2n) is 7.70. The van der Waals surface area contributed by atoms with Gasteiger partial charge in [0.05, 0.1) is 27.4 Å². The van der Waals surface area contributed by atoms with Gasteiger partial charge in [0.1, 0.15) is 0 Å².